The molecule has 1 fully saturated rings. The highest BCUT2D eigenvalue weighted by Gasteiger charge is 2.41. The number of aromatic nitrogens is 2. The molecule has 8 heteroatoms. The van der Waals surface area contributed by atoms with Gasteiger partial charge >= 0.3 is 11.8 Å². The van der Waals surface area contributed by atoms with Crippen molar-refractivity contribution in [1.82, 2.24) is 20.8 Å². The highest BCUT2D eigenvalue weighted by atomic mass is 16.5. The van der Waals surface area contributed by atoms with Crippen LogP contribution in [0.4, 0.5) is 0 Å². The van der Waals surface area contributed by atoms with Gasteiger partial charge in [-0.3, -0.25) is 9.59 Å². The van der Waals surface area contributed by atoms with Gasteiger partial charge in [-0.05, 0) is 24.5 Å². The van der Waals surface area contributed by atoms with E-state index >= 15 is 0 Å². The average molecular weight is 434 g/mol. The smallest absolute Gasteiger partial charge is 0.309 e. The van der Waals surface area contributed by atoms with Gasteiger partial charge in [0.1, 0.15) is 5.75 Å². The summed E-state index contributed by atoms with van der Waals surface area (Å²) in [5, 5.41) is 9.36. The molecule has 1 heterocycles. The number of benzene rings is 2. The molecular weight excluding hydrogens is 408 g/mol. The van der Waals surface area contributed by atoms with Crippen LogP contribution in [0.25, 0.3) is 11.4 Å². The van der Waals surface area contributed by atoms with Crippen molar-refractivity contribution >= 4 is 11.8 Å². The first-order chi connectivity index (χ1) is 15.5. The normalized spacial score (nSPS) is 14.3. The van der Waals surface area contributed by atoms with Crippen LogP contribution in [0.3, 0.4) is 0 Å². The van der Waals surface area contributed by atoms with Gasteiger partial charge < -0.3 is 19.9 Å². The molecule has 0 atom stereocenters. The summed E-state index contributed by atoms with van der Waals surface area (Å²) in [5.74, 6) is 0.530. The summed E-state index contributed by atoms with van der Waals surface area (Å²) in [6, 6.07) is 15.3. The molecule has 2 N–H and O–H groups in total. The Labute approximate surface area is 186 Å². The predicted molar refractivity (Wildman–Crippen MR) is 118 cm³/mol. The number of ether oxygens (including phenoxy) is 1. The lowest BCUT2D eigenvalue weighted by Crippen LogP contribution is -2.49. The van der Waals surface area contributed by atoms with Gasteiger partial charge in [-0.25, -0.2) is 0 Å². The third kappa shape index (κ3) is 4.49. The summed E-state index contributed by atoms with van der Waals surface area (Å²) in [7, 11) is 1.65. The summed E-state index contributed by atoms with van der Waals surface area (Å²) < 4.78 is 10.5. The lowest BCUT2D eigenvalue weighted by molar-refractivity contribution is -0.139. The lowest BCUT2D eigenvalue weighted by Gasteiger charge is -2.43. The van der Waals surface area contributed by atoms with Crippen LogP contribution in [0.15, 0.2) is 53.1 Å². The Kier molecular flexibility index (Phi) is 6.20. The van der Waals surface area contributed by atoms with Crippen LogP contribution in [0.2, 0.25) is 0 Å². The van der Waals surface area contributed by atoms with Crippen molar-refractivity contribution in [2.45, 2.75) is 38.1 Å². The summed E-state index contributed by atoms with van der Waals surface area (Å²) in [6.07, 6.45) is 2.97. The van der Waals surface area contributed by atoms with E-state index in [1.54, 1.807) is 14.0 Å². The fourth-order valence-corrected chi connectivity index (χ4v) is 4.01. The number of hydrogen-bond donors (Lipinski definition) is 2. The van der Waals surface area contributed by atoms with Gasteiger partial charge in [0.2, 0.25) is 11.7 Å². The van der Waals surface area contributed by atoms with Crippen LogP contribution in [-0.2, 0) is 21.5 Å². The first-order valence-electron chi connectivity index (χ1n) is 10.6. The van der Waals surface area contributed by atoms with Crippen molar-refractivity contribution in [3.63, 3.8) is 0 Å². The highest BCUT2D eigenvalue weighted by molar-refractivity contribution is 6.35. The Morgan fingerprint density at radius 2 is 1.78 bits per heavy atom. The fourth-order valence-electron chi connectivity index (χ4n) is 4.01. The molecular formula is C24H26N4O4. The van der Waals surface area contributed by atoms with E-state index in [2.05, 4.69) is 20.8 Å². The maximum absolute atomic E-state index is 12.4. The molecule has 3 aromatic rings. The van der Waals surface area contributed by atoms with Crippen LogP contribution in [-0.4, -0.2) is 35.6 Å². The maximum Gasteiger partial charge on any atom is 0.309 e. The number of rotatable bonds is 7. The van der Waals surface area contributed by atoms with Gasteiger partial charge in [-0.15, -0.1) is 0 Å². The standard InChI is InChI=1S/C24H26N4O4/c1-16-27-21(28-32-16)18-10-8-17(9-11-18)14-25-22(29)23(30)26-15-24(12-5-13-24)19-6-3-4-7-20(19)31-2/h3-4,6-11H,5,12-15H2,1-2H3,(H,25,29)(H,26,30). The molecule has 1 aromatic heterocycles. The SMILES string of the molecule is COc1ccccc1C1(CNC(=O)C(=O)NCc2ccc(-c3noc(C)n3)cc2)CCC1. The molecule has 1 saturated carbocycles. The Morgan fingerprint density at radius 1 is 1.06 bits per heavy atom. The van der Waals surface area contributed by atoms with E-state index in [9.17, 15) is 9.59 Å². The van der Waals surface area contributed by atoms with E-state index in [0.29, 0.717) is 18.3 Å². The second kappa shape index (κ2) is 9.21. The van der Waals surface area contributed by atoms with Gasteiger partial charge in [-0.1, -0.05) is 54.0 Å². The Hall–Kier alpha value is -3.68. The molecule has 0 saturated heterocycles. The molecule has 0 unspecified atom stereocenters. The van der Waals surface area contributed by atoms with Crippen LogP contribution in [0.5, 0.6) is 5.75 Å². The summed E-state index contributed by atoms with van der Waals surface area (Å²) in [5.41, 5.74) is 2.56. The van der Waals surface area contributed by atoms with Crippen molar-refractivity contribution in [3.05, 3.63) is 65.5 Å². The van der Waals surface area contributed by atoms with Crippen molar-refractivity contribution in [1.29, 1.82) is 0 Å². The zero-order valence-corrected chi connectivity index (χ0v) is 18.2. The predicted octanol–water partition coefficient (Wildman–Crippen LogP) is 2.91. The Balaban J connectivity index is 1.31. The fraction of sp³-hybridized carbons (Fsp3) is 0.333. The Morgan fingerprint density at radius 3 is 2.41 bits per heavy atom. The van der Waals surface area contributed by atoms with E-state index in [1.165, 1.54) is 0 Å². The number of nitrogens with zero attached hydrogens (tertiary/aromatic N) is 2. The molecule has 0 aliphatic heterocycles. The van der Waals surface area contributed by atoms with Crippen molar-refractivity contribution in [3.8, 4) is 17.1 Å². The minimum Gasteiger partial charge on any atom is -0.496 e. The summed E-state index contributed by atoms with van der Waals surface area (Å²) >= 11 is 0. The first-order valence-corrected chi connectivity index (χ1v) is 10.6. The van der Waals surface area contributed by atoms with E-state index in [4.69, 9.17) is 9.26 Å². The van der Waals surface area contributed by atoms with Crippen LogP contribution in [0, 0.1) is 6.92 Å². The molecule has 8 nitrogen and oxygen atoms in total. The van der Waals surface area contributed by atoms with Crippen LogP contribution < -0.4 is 15.4 Å². The molecule has 2 aromatic carbocycles. The van der Waals surface area contributed by atoms with E-state index in [-0.39, 0.29) is 12.0 Å². The zero-order valence-electron chi connectivity index (χ0n) is 18.2. The van der Waals surface area contributed by atoms with E-state index in [1.807, 2.05) is 48.5 Å². The van der Waals surface area contributed by atoms with Gasteiger partial charge in [0.05, 0.1) is 7.11 Å². The molecule has 0 bridgehead atoms. The molecule has 4 rings (SSSR count). The van der Waals surface area contributed by atoms with Gasteiger partial charge in [0.15, 0.2) is 0 Å². The Bertz CT molecular complexity index is 1100. The number of carbonyl (C=O) groups is 2. The number of hydrogen-bond acceptors (Lipinski definition) is 6. The number of amides is 2. The third-order valence-electron chi connectivity index (χ3n) is 5.98. The minimum absolute atomic E-state index is 0.189. The van der Waals surface area contributed by atoms with Gasteiger partial charge in [0, 0.05) is 36.6 Å². The molecule has 2 amide bonds. The first kappa shape index (κ1) is 21.5. The molecule has 32 heavy (non-hydrogen) atoms. The van der Waals surface area contributed by atoms with Crippen LogP contribution in [0.1, 0.15) is 36.3 Å². The van der Waals surface area contributed by atoms with Crippen molar-refractivity contribution < 1.29 is 18.8 Å². The quantitative estimate of drug-likeness (QED) is 0.554. The van der Waals surface area contributed by atoms with Crippen molar-refractivity contribution in [2.24, 2.45) is 0 Å². The topological polar surface area (TPSA) is 106 Å². The molecule has 166 valence electrons. The largest absolute Gasteiger partial charge is 0.496 e. The number of carbonyl (C=O) groups excluding carboxylic acids is 2. The lowest BCUT2D eigenvalue weighted by atomic mass is 9.64. The molecule has 1 aliphatic rings. The van der Waals surface area contributed by atoms with E-state index < -0.39 is 11.8 Å². The number of aryl methyl sites for hydroxylation is 1. The van der Waals surface area contributed by atoms with E-state index in [0.717, 1.165) is 41.7 Å². The minimum atomic E-state index is -0.655. The van der Waals surface area contributed by atoms with Crippen molar-refractivity contribution in [2.75, 3.05) is 13.7 Å². The summed E-state index contributed by atoms with van der Waals surface area (Å²) in [6.45, 7) is 2.38. The molecule has 0 spiro atoms. The summed E-state index contributed by atoms with van der Waals surface area (Å²) in [4.78, 5) is 28.9. The molecule has 1 aliphatic carbocycles. The molecule has 0 radical (unpaired) electrons. The average Bonchev–Trinajstić information content (AvgIpc) is 3.23. The zero-order chi connectivity index (χ0) is 22.6. The number of methoxy groups -OCH3 is 1. The highest BCUT2D eigenvalue weighted by Crippen LogP contribution is 2.46. The number of para-hydroxylation sites is 1. The van der Waals surface area contributed by atoms with Crippen LogP contribution >= 0.6 is 0 Å². The number of nitrogens with one attached hydrogen (secondary N) is 2. The van der Waals surface area contributed by atoms with Gasteiger partial charge in [0.25, 0.3) is 0 Å². The second-order valence-electron chi connectivity index (χ2n) is 8.03. The monoisotopic (exact) mass is 434 g/mol. The second-order valence-corrected chi connectivity index (χ2v) is 8.03. The van der Waals surface area contributed by atoms with Gasteiger partial charge in [-0.2, -0.15) is 4.98 Å². The third-order valence-corrected chi connectivity index (χ3v) is 5.98. The maximum atomic E-state index is 12.4.